The van der Waals surface area contributed by atoms with Gasteiger partial charge in [0.05, 0.1) is 23.0 Å². The molecule has 0 amide bonds. The lowest BCUT2D eigenvalue weighted by Crippen LogP contribution is -2.25. The van der Waals surface area contributed by atoms with Gasteiger partial charge in [-0.25, -0.2) is 0 Å². The van der Waals surface area contributed by atoms with Gasteiger partial charge in [0, 0.05) is 5.56 Å². The molecule has 8 nitrogen and oxygen atoms in total. The molecule has 0 aromatic heterocycles. The molecule has 8 heteroatoms. The third-order valence-corrected chi connectivity index (χ3v) is 6.43. The van der Waals surface area contributed by atoms with E-state index >= 15 is 0 Å². The van der Waals surface area contributed by atoms with E-state index in [0.29, 0.717) is 47.8 Å². The summed E-state index contributed by atoms with van der Waals surface area (Å²) in [6.07, 6.45) is 12.3. The van der Waals surface area contributed by atoms with Crippen LogP contribution in [0.5, 0.6) is 17.2 Å². The Bertz CT molecular complexity index is 1380. The second-order valence-electron chi connectivity index (χ2n) is 12.4. The van der Waals surface area contributed by atoms with E-state index in [9.17, 15) is 14.4 Å². The number of ketones is 1. The van der Waals surface area contributed by atoms with Gasteiger partial charge in [-0.3, -0.25) is 14.4 Å². The Balaban J connectivity index is 2.44. The number of hydrogen-bond donors (Lipinski definition) is 0. The maximum atomic E-state index is 13.3. The minimum Gasteiger partial charge on any atom is -0.493 e. The lowest BCUT2D eigenvalue weighted by molar-refractivity contribution is -0.160. The summed E-state index contributed by atoms with van der Waals surface area (Å²) < 4.78 is 28.3. The van der Waals surface area contributed by atoms with Crippen LogP contribution in [-0.2, 0) is 31.9 Å². The minimum absolute atomic E-state index is 0.226. The van der Waals surface area contributed by atoms with Gasteiger partial charge in [-0.05, 0) is 129 Å². The average Bonchev–Trinajstić information content (AvgIpc) is 2.98. The molecule has 0 bridgehead atoms. The molecule has 0 aliphatic heterocycles. The van der Waals surface area contributed by atoms with Gasteiger partial charge in [0.1, 0.15) is 17.2 Å². The summed E-state index contributed by atoms with van der Waals surface area (Å²) in [5.74, 6) is 0.517. The maximum Gasteiger partial charge on any atom is 0.314 e. The van der Waals surface area contributed by atoms with Crippen LogP contribution >= 0.6 is 0 Å². The van der Waals surface area contributed by atoms with E-state index in [4.69, 9.17) is 23.7 Å². The summed E-state index contributed by atoms with van der Waals surface area (Å²) >= 11 is 0. The zero-order chi connectivity index (χ0) is 33.6. The SMILES string of the molecule is C/C=C/Cc1cc(C/C=C/C)c(OCOC(=O)C(C)(C)C)c(/C=C/C(=O)c2ccc(OCOC(=O)C(C)(C)C)cc2)c1OCC. The Labute approximate surface area is 268 Å². The molecule has 2 rings (SSSR count). The number of ether oxygens (including phenoxy) is 5. The summed E-state index contributed by atoms with van der Waals surface area (Å²) in [5.41, 5.74) is 1.51. The molecule has 0 radical (unpaired) electrons. The first kappa shape index (κ1) is 36.9. The van der Waals surface area contributed by atoms with E-state index in [2.05, 4.69) is 0 Å². The highest BCUT2D eigenvalue weighted by atomic mass is 16.7. The van der Waals surface area contributed by atoms with E-state index in [-0.39, 0.29) is 31.3 Å². The van der Waals surface area contributed by atoms with Crippen LogP contribution in [0.1, 0.15) is 89.4 Å². The fraction of sp³-hybridized carbons (Fsp3) is 0.432. The molecule has 244 valence electrons. The predicted molar refractivity (Wildman–Crippen MR) is 177 cm³/mol. The highest BCUT2D eigenvalue weighted by Crippen LogP contribution is 2.39. The Morgan fingerprint density at radius 2 is 1.20 bits per heavy atom. The highest BCUT2D eigenvalue weighted by Gasteiger charge is 2.25. The van der Waals surface area contributed by atoms with Gasteiger partial charge in [0.15, 0.2) is 5.78 Å². The van der Waals surface area contributed by atoms with Gasteiger partial charge < -0.3 is 23.7 Å². The van der Waals surface area contributed by atoms with E-state index in [0.717, 1.165) is 11.1 Å². The van der Waals surface area contributed by atoms with Crippen LogP contribution < -0.4 is 14.2 Å². The Kier molecular flexibility index (Phi) is 14.1. The number of hydrogen-bond acceptors (Lipinski definition) is 8. The topological polar surface area (TPSA) is 97.4 Å². The second-order valence-corrected chi connectivity index (χ2v) is 12.4. The van der Waals surface area contributed by atoms with Crippen LogP contribution in [0.25, 0.3) is 6.08 Å². The lowest BCUT2D eigenvalue weighted by Gasteiger charge is -2.21. The smallest absolute Gasteiger partial charge is 0.314 e. The lowest BCUT2D eigenvalue weighted by atomic mass is 9.96. The molecular weight excluding hydrogens is 572 g/mol. The van der Waals surface area contributed by atoms with E-state index in [1.165, 1.54) is 6.08 Å². The summed E-state index contributed by atoms with van der Waals surface area (Å²) in [5, 5.41) is 0. The molecule has 0 aliphatic carbocycles. The third-order valence-electron chi connectivity index (χ3n) is 6.43. The standard InChI is InChI=1S/C37H48O8/c1-10-13-15-27-23-28(16-14-11-2)33(43-25-45-35(40)37(7,8)9)30(32(27)41-12-3)21-22-31(38)26-17-19-29(20-18-26)42-24-44-34(39)36(4,5)6/h10-11,13-14,17-23H,12,15-16,24-25H2,1-9H3/b13-10+,14-11+,22-21+. The molecule has 45 heavy (non-hydrogen) atoms. The predicted octanol–water partition coefficient (Wildman–Crippen LogP) is 8.07. The molecule has 2 aromatic rings. The largest absolute Gasteiger partial charge is 0.493 e. The van der Waals surface area contributed by atoms with Gasteiger partial charge in [-0.15, -0.1) is 0 Å². The van der Waals surface area contributed by atoms with Crippen LogP contribution in [0.3, 0.4) is 0 Å². The van der Waals surface area contributed by atoms with Crippen LogP contribution in [0, 0.1) is 10.8 Å². The van der Waals surface area contributed by atoms with E-state index in [1.807, 2.05) is 51.1 Å². The summed E-state index contributed by atoms with van der Waals surface area (Å²) in [6.45, 7) is 16.3. The number of esters is 2. The van der Waals surface area contributed by atoms with Crippen molar-refractivity contribution in [1.82, 2.24) is 0 Å². The zero-order valence-corrected chi connectivity index (χ0v) is 28.2. The highest BCUT2D eigenvalue weighted by molar-refractivity contribution is 6.07. The van der Waals surface area contributed by atoms with Crippen molar-refractivity contribution in [3.8, 4) is 17.2 Å². The van der Waals surface area contributed by atoms with Crippen LogP contribution in [0.2, 0.25) is 0 Å². The fourth-order valence-electron chi connectivity index (χ4n) is 3.92. The van der Waals surface area contributed by atoms with Gasteiger partial charge in [-0.2, -0.15) is 0 Å². The van der Waals surface area contributed by atoms with Crippen molar-refractivity contribution in [2.75, 3.05) is 20.2 Å². The van der Waals surface area contributed by atoms with Crippen molar-refractivity contribution in [2.24, 2.45) is 10.8 Å². The number of carbonyl (C=O) groups is 3. The summed E-state index contributed by atoms with van der Waals surface area (Å²) in [4.78, 5) is 37.7. The second kappa shape index (κ2) is 17.2. The first-order chi connectivity index (χ1) is 21.2. The first-order valence-electron chi connectivity index (χ1n) is 15.2. The Hall–Kier alpha value is -4.33. The van der Waals surface area contributed by atoms with Crippen LogP contribution in [0.15, 0.2) is 60.7 Å². The van der Waals surface area contributed by atoms with Gasteiger partial charge >= 0.3 is 11.9 Å². The Morgan fingerprint density at radius 3 is 1.67 bits per heavy atom. The third kappa shape index (κ3) is 11.6. The maximum absolute atomic E-state index is 13.3. The van der Waals surface area contributed by atoms with Gasteiger partial charge in [-0.1, -0.05) is 24.3 Å². The van der Waals surface area contributed by atoms with Crippen molar-refractivity contribution in [2.45, 2.75) is 75.2 Å². The number of carbonyl (C=O) groups excluding carboxylic acids is 3. The zero-order valence-electron chi connectivity index (χ0n) is 28.2. The fourth-order valence-corrected chi connectivity index (χ4v) is 3.92. The van der Waals surface area contributed by atoms with E-state index < -0.39 is 10.8 Å². The van der Waals surface area contributed by atoms with Crippen molar-refractivity contribution in [3.63, 3.8) is 0 Å². The minimum atomic E-state index is -0.684. The normalized spacial score (nSPS) is 12.1. The molecule has 0 fully saturated rings. The molecule has 2 aromatic carbocycles. The molecular formula is C37H48O8. The number of rotatable bonds is 15. The first-order valence-corrected chi connectivity index (χ1v) is 15.2. The quantitative estimate of drug-likeness (QED) is 0.0648. The summed E-state index contributed by atoms with van der Waals surface area (Å²) in [7, 11) is 0. The molecule has 0 aliphatic rings. The van der Waals surface area contributed by atoms with Crippen molar-refractivity contribution in [1.29, 1.82) is 0 Å². The van der Waals surface area contributed by atoms with E-state index in [1.54, 1.807) is 71.9 Å². The molecule has 0 saturated carbocycles. The molecule has 0 spiro atoms. The van der Waals surface area contributed by atoms with Crippen molar-refractivity contribution < 1.29 is 38.1 Å². The van der Waals surface area contributed by atoms with Crippen LogP contribution in [0.4, 0.5) is 0 Å². The molecule has 0 atom stereocenters. The van der Waals surface area contributed by atoms with Crippen molar-refractivity contribution in [3.05, 3.63) is 83.0 Å². The Morgan fingerprint density at radius 1 is 0.711 bits per heavy atom. The number of allylic oxidation sites excluding steroid dienone is 5. The van der Waals surface area contributed by atoms with Crippen LogP contribution in [-0.4, -0.2) is 37.9 Å². The molecule has 0 N–H and O–H groups in total. The van der Waals surface area contributed by atoms with Crippen molar-refractivity contribution >= 4 is 23.8 Å². The monoisotopic (exact) mass is 620 g/mol. The molecule has 0 saturated heterocycles. The summed E-state index contributed by atoms with van der Waals surface area (Å²) in [6, 6.07) is 8.59. The van der Waals surface area contributed by atoms with Gasteiger partial charge in [0.2, 0.25) is 13.6 Å². The number of benzene rings is 2. The molecule has 0 heterocycles. The average molecular weight is 621 g/mol. The molecule has 0 unspecified atom stereocenters. The van der Waals surface area contributed by atoms with Gasteiger partial charge in [0.25, 0.3) is 0 Å².